The molecule has 0 bridgehead atoms. The predicted molar refractivity (Wildman–Crippen MR) is 127 cm³/mol. The number of halogens is 1. The number of carbonyl (C=O) groups excluding carboxylic acids is 2. The molecule has 2 heterocycles. The summed E-state index contributed by atoms with van der Waals surface area (Å²) >= 11 is 0. The maximum absolute atomic E-state index is 13.4. The van der Waals surface area contributed by atoms with E-state index in [0.717, 1.165) is 30.4 Å². The second kappa shape index (κ2) is 10.7. The van der Waals surface area contributed by atoms with E-state index in [9.17, 15) is 19.1 Å². The molecule has 2 aliphatic rings. The first-order valence-electron chi connectivity index (χ1n) is 12.0. The van der Waals surface area contributed by atoms with Crippen molar-refractivity contribution in [3.05, 3.63) is 71.0 Å². The van der Waals surface area contributed by atoms with E-state index in [1.165, 1.54) is 12.1 Å². The molecule has 34 heavy (non-hydrogen) atoms. The predicted octanol–water partition coefficient (Wildman–Crippen LogP) is 3.17. The van der Waals surface area contributed by atoms with Crippen molar-refractivity contribution in [1.29, 1.82) is 0 Å². The molecule has 2 aromatic rings. The summed E-state index contributed by atoms with van der Waals surface area (Å²) in [5, 5.41) is 12.2. The Labute approximate surface area is 200 Å². The average Bonchev–Trinajstić information content (AvgIpc) is 2.85. The minimum Gasteiger partial charge on any atom is -0.394 e. The summed E-state index contributed by atoms with van der Waals surface area (Å²) in [6.07, 6.45) is 2.92. The molecule has 2 aromatic carbocycles. The normalized spacial score (nSPS) is 20.7. The first kappa shape index (κ1) is 24.4. The van der Waals surface area contributed by atoms with Crippen molar-refractivity contribution in [2.75, 3.05) is 32.9 Å². The number of carbonyl (C=O) groups is 2. The number of piperidine rings is 1. The lowest BCUT2D eigenvalue weighted by Gasteiger charge is -2.48. The van der Waals surface area contributed by atoms with Crippen LogP contribution in [0.2, 0.25) is 0 Å². The Bertz CT molecular complexity index is 1000. The number of nitrogens with one attached hydrogen (secondary N) is 1. The molecule has 4 rings (SSSR count). The van der Waals surface area contributed by atoms with Gasteiger partial charge in [-0.2, -0.15) is 0 Å². The number of nitrogens with zero attached hydrogens (tertiary/aromatic N) is 1. The van der Waals surface area contributed by atoms with Gasteiger partial charge in [0.05, 0.1) is 19.1 Å². The van der Waals surface area contributed by atoms with Crippen LogP contribution in [0.4, 0.5) is 4.39 Å². The summed E-state index contributed by atoms with van der Waals surface area (Å²) in [6.45, 7) is 3.88. The second-order valence-electron chi connectivity index (χ2n) is 9.63. The minimum absolute atomic E-state index is 0.00545. The summed E-state index contributed by atoms with van der Waals surface area (Å²) in [6, 6.07) is 13.8. The van der Waals surface area contributed by atoms with E-state index in [-0.39, 0.29) is 41.6 Å². The number of benzene rings is 2. The molecule has 182 valence electrons. The van der Waals surface area contributed by atoms with E-state index in [2.05, 4.69) is 5.32 Å². The third-order valence-corrected chi connectivity index (χ3v) is 7.29. The molecule has 0 aliphatic carbocycles. The van der Waals surface area contributed by atoms with Crippen LogP contribution in [0.15, 0.2) is 48.5 Å². The topological polar surface area (TPSA) is 78.9 Å². The van der Waals surface area contributed by atoms with Crippen molar-refractivity contribution in [2.24, 2.45) is 11.3 Å². The van der Waals surface area contributed by atoms with Gasteiger partial charge in [0.25, 0.3) is 5.91 Å². The molecule has 2 N–H and O–H groups in total. The van der Waals surface area contributed by atoms with Crippen LogP contribution in [0.5, 0.6) is 0 Å². The van der Waals surface area contributed by atoms with Crippen molar-refractivity contribution >= 4 is 11.8 Å². The summed E-state index contributed by atoms with van der Waals surface area (Å²) in [7, 11) is 0. The maximum Gasteiger partial charge on any atom is 0.253 e. The minimum atomic E-state index is -0.294. The number of amides is 2. The fraction of sp³-hybridized carbons (Fsp3) is 0.481. The van der Waals surface area contributed by atoms with E-state index in [1.807, 2.05) is 35.2 Å². The molecule has 2 amide bonds. The highest BCUT2D eigenvalue weighted by Crippen LogP contribution is 2.45. The smallest absolute Gasteiger partial charge is 0.253 e. The molecule has 1 spiro atoms. The molecule has 2 atom stereocenters. The van der Waals surface area contributed by atoms with Crippen molar-refractivity contribution < 1.29 is 23.8 Å². The monoisotopic (exact) mass is 468 g/mol. The van der Waals surface area contributed by atoms with E-state index >= 15 is 0 Å². The summed E-state index contributed by atoms with van der Waals surface area (Å²) in [4.78, 5) is 27.9. The fourth-order valence-corrected chi connectivity index (χ4v) is 5.15. The van der Waals surface area contributed by atoms with E-state index in [1.54, 1.807) is 13.0 Å². The largest absolute Gasteiger partial charge is 0.394 e. The van der Waals surface area contributed by atoms with E-state index in [0.29, 0.717) is 38.3 Å². The second-order valence-corrected chi connectivity index (χ2v) is 9.63. The molecule has 0 radical (unpaired) electrons. The molecule has 6 nitrogen and oxygen atoms in total. The van der Waals surface area contributed by atoms with Crippen LogP contribution in [-0.2, 0) is 16.0 Å². The van der Waals surface area contributed by atoms with Gasteiger partial charge in [0.1, 0.15) is 5.82 Å². The Balaban J connectivity index is 1.37. The molecule has 7 heteroatoms. The molecular formula is C27H33FN2O4. The highest BCUT2D eigenvalue weighted by molar-refractivity contribution is 5.94. The molecule has 0 saturated carbocycles. The van der Waals surface area contributed by atoms with Crippen LogP contribution in [0.1, 0.15) is 47.7 Å². The van der Waals surface area contributed by atoms with Crippen LogP contribution in [-0.4, -0.2) is 60.8 Å². The Morgan fingerprint density at radius 2 is 1.88 bits per heavy atom. The Kier molecular flexibility index (Phi) is 7.63. The van der Waals surface area contributed by atoms with Gasteiger partial charge < -0.3 is 20.1 Å². The van der Waals surface area contributed by atoms with Crippen LogP contribution in [0.25, 0.3) is 0 Å². The first-order chi connectivity index (χ1) is 16.4. The van der Waals surface area contributed by atoms with Gasteiger partial charge in [-0.1, -0.05) is 24.3 Å². The van der Waals surface area contributed by atoms with Gasteiger partial charge in [0, 0.05) is 31.3 Å². The molecule has 2 unspecified atom stereocenters. The Morgan fingerprint density at radius 1 is 1.15 bits per heavy atom. The SMILES string of the molecule is CC(CO)NC(=O)C1COCCC12CCN(C(=O)c1ccc(Cc3cccc(F)c3)cc1)CC2. The third-order valence-electron chi connectivity index (χ3n) is 7.29. The van der Waals surface area contributed by atoms with Crippen LogP contribution in [0.3, 0.4) is 0 Å². The molecule has 2 saturated heterocycles. The highest BCUT2D eigenvalue weighted by Gasteiger charge is 2.47. The fourth-order valence-electron chi connectivity index (χ4n) is 5.15. The van der Waals surface area contributed by atoms with E-state index < -0.39 is 0 Å². The molecule has 2 aliphatic heterocycles. The lowest BCUT2D eigenvalue weighted by Crippen LogP contribution is -2.54. The standard InChI is InChI=1S/C27H33FN2O4/c1-19(17-31)29-25(32)24-18-34-14-11-27(24)9-12-30(13-10-27)26(33)22-7-5-20(6-8-22)15-21-3-2-4-23(28)16-21/h2-8,16,19,24,31H,9-15,17-18H2,1H3,(H,29,32). The van der Waals surface area contributed by atoms with Crippen molar-refractivity contribution in [3.63, 3.8) is 0 Å². The zero-order valence-corrected chi connectivity index (χ0v) is 19.6. The van der Waals surface area contributed by atoms with Gasteiger partial charge in [0.15, 0.2) is 0 Å². The van der Waals surface area contributed by atoms with E-state index in [4.69, 9.17) is 4.74 Å². The summed E-state index contributed by atoms with van der Waals surface area (Å²) in [5.74, 6) is -0.599. The quantitative estimate of drug-likeness (QED) is 0.683. The van der Waals surface area contributed by atoms with Gasteiger partial charge in [-0.05, 0) is 73.4 Å². The van der Waals surface area contributed by atoms with Crippen molar-refractivity contribution in [2.45, 2.75) is 38.6 Å². The summed E-state index contributed by atoms with van der Waals surface area (Å²) < 4.78 is 19.1. The number of ether oxygens (including phenoxy) is 1. The van der Waals surface area contributed by atoms with Crippen molar-refractivity contribution in [3.8, 4) is 0 Å². The number of hydrogen-bond donors (Lipinski definition) is 2. The average molecular weight is 469 g/mol. The van der Waals surface area contributed by atoms with Crippen LogP contribution in [0, 0.1) is 17.2 Å². The van der Waals surface area contributed by atoms with Gasteiger partial charge in [0.2, 0.25) is 5.91 Å². The number of aliphatic hydroxyl groups is 1. The zero-order valence-electron chi connectivity index (χ0n) is 19.6. The van der Waals surface area contributed by atoms with Crippen molar-refractivity contribution in [1.82, 2.24) is 10.2 Å². The maximum atomic E-state index is 13.4. The zero-order chi connectivity index (χ0) is 24.1. The highest BCUT2D eigenvalue weighted by atomic mass is 19.1. The van der Waals surface area contributed by atoms with Crippen LogP contribution < -0.4 is 5.32 Å². The third kappa shape index (κ3) is 5.47. The number of hydrogen-bond acceptors (Lipinski definition) is 4. The number of aliphatic hydroxyl groups excluding tert-OH is 1. The van der Waals surface area contributed by atoms with Crippen LogP contribution >= 0.6 is 0 Å². The Hall–Kier alpha value is -2.77. The Morgan fingerprint density at radius 3 is 2.56 bits per heavy atom. The number of likely N-dealkylation sites (tertiary alicyclic amines) is 1. The van der Waals surface area contributed by atoms with Gasteiger partial charge in [-0.15, -0.1) is 0 Å². The van der Waals surface area contributed by atoms with Gasteiger partial charge >= 0.3 is 0 Å². The van der Waals surface area contributed by atoms with Gasteiger partial charge in [-0.3, -0.25) is 9.59 Å². The number of rotatable bonds is 6. The lowest BCUT2D eigenvalue weighted by atomic mass is 9.65. The first-order valence-corrected chi connectivity index (χ1v) is 12.0. The lowest BCUT2D eigenvalue weighted by molar-refractivity contribution is -0.143. The van der Waals surface area contributed by atoms with Gasteiger partial charge in [-0.25, -0.2) is 4.39 Å². The molecule has 0 aromatic heterocycles. The molecular weight excluding hydrogens is 435 g/mol. The summed E-state index contributed by atoms with van der Waals surface area (Å²) in [5.41, 5.74) is 2.37. The molecule has 2 fully saturated rings.